The molecule has 0 fully saturated rings. The largest absolute Gasteiger partial charge is 0.381 e. The second-order valence-corrected chi connectivity index (χ2v) is 5.41. The van der Waals surface area contributed by atoms with Gasteiger partial charge in [-0.25, -0.2) is 0 Å². The van der Waals surface area contributed by atoms with Gasteiger partial charge in [0, 0.05) is 13.2 Å². The van der Waals surface area contributed by atoms with Crippen LogP contribution in [0.25, 0.3) is 6.08 Å². The SMILES string of the molecule is CCCC(CCCCC=Cc1ccccc1)COCC. The van der Waals surface area contributed by atoms with Gasteiger partial charge in [0.05, 0.1) is 0 Å². The van der Waals surface area contributed by atoms with Crippen LogP contribution in [-0.2, 0) is 4.74 Å². The quantitative estimate of drug-likeness (QED) is 0.469. The van der Waals surface area contributed by atoms with Crippen LogP contribution in [0.3, 0.4) is 0 Å². The molecule has 0 bridgehead atoms. The molecule has 20 heavy (non-hydrogen) atoms. The van der Waals surface area contributed by atoms with Gasteiger partial charge in [0.15, 0.2) is 0 Å². The lowest BCUT2D eigenvalue weighted by atomic mass is 9.97. The molecule has 1 atom stereocenters. The van der Waals surface area contributed by atoms with E-state index in [2.05, 4.69) is 56.3 Å². The summed E-state index contributed by atoms with van der Waals surface area (Å²) in [4.78, 5) is 0. The monoisotopic (exact) mass is 274 g/mol. The van der Waals surface area contributed by atoms with E-state index in [-0.39, 0.29) is 0 Å². The Kier molecular flexibility index (Phi) is 9.95. The second kappa shape index (κ2) is 11.7. The molecule has 0 aliphatic heterocycles. The van der Waals surface area contributed by atoms with Crippen LogP contribution >= 0.6 is 0 Å². The van der Waals surface area contributed by atoms with E-state index in [9.17, 15) is 0 Å². The Bertz CT molecular complexity index is 342. The average Bonchev–Trinajstić information content (AvgIpc) is 2.49. The van der Waals surface area contributed by atoms with Crippen molar-refractivity contribution in [1.82, 2.24) is 0 Å². The van der Waals surface area contributed by atoms with Gasteiger partial charge in [-0.1, -0.05) is 62.2 Å². The fourth-order valence-electron chi connectivity index (χ4n) is 2.48. The van der Waals surface area contributed by atoms with E-state index < -0.39 is 0 Å². The van der Waals surface area contributed by atoms with Crippen molar-refractivity contribution < 1.29 is 4.74 Å². The summed E-state index contributed by atoms with van der Waals surface area (Å²) in [6.07, 6.45) is 12.2. The molecule has 0 saturated carbocycles. The molecule has 0 aliphatic rings. The first-order valence-electron chi connectivity index (χ1n) is 8.16. The van der Waals surface area contributed by atoms with Gasteiger partial charge in [-0.2, -0.15) is 0 Å². The molecule has 112 valence electrons. The van der Waals surface area contributed by atoms with Gasteiger partial charge in [-0.3, -0.25) is 0 Å². The van der Waals surface area contributed by atoms with Crippen molar-refractivity contribution in [1.29, 1.82) is 0 Å². The van der Waals surface area contributed by atoms with E-state index in [4.69, 9.17) is 4.74 Å². The molecule has 0 radical (unpaired) electrons. The van der Waals surface area contributed by atoms with Crippen molar-refractivity contribution in [3.05, 3.63) is 42.0 Å². The van der Waals surface area contributed by atoms with Crippen molar-refractivity contribution in [3.8, 4) is 0 Å². The van der Waals surface area contributed by atoms with Crippen LogP contribution in [0.5, 0.6) is 0 Å². The summed E-state index contributed by atoms with van der Waals surface area (Å²) in [5, 5.41) is 0. The van der Waals surface area contributed by atoms with Crippen molar-refractivity contribution in [2.75, 3.05) is 13.2 Å². The lowest BCUT2D eigenvalue weighted by Crippen LogP contribution is -2.09. The highest BCUT2D eigenvalue weighted by Crippen LogP contribution is 2.16. The minimum Gasteiger partial charge on any atom is -0.381 e. The van der Waals surface area contributed by atoms with Gasteiger partial charge in [0.2, 0.25) is 0 Å². The molecule has 0 aromatic heterocycles. The maximum atomic E-state index is 5.57. The normalized spacial score (nSPS) is 12.9. The number of allylic oxidation sites excluding steroid dienone is 1. The molecular formula is C19H30O. The topological polar surface area (TPSA) is 9.23 Å². The molecule has 0 saturated heterocycles. The zero-order chi connectivity index (χ0) is 14.5. The molecule has 1 rings (SSSR count). The third-order valence-corrected chi connectivity index (χ3v) is 3.60. The molecule has 0 amide bonds. The van der Waals surface area contributed by atoms with E-state index in [1.807, 2.05) is 0 Å². The molecule has 0 heterocycles. The number of ether oxygens (including phenoxy) is 1. The molecule has 0 aliphatic carbocycles. The molecule has 1 aromatic rings. The van der Waals surface area contributed by atoms with E-state index in [0.29, 0.717) is 0 Å². The molecule has 1 aromatic carbocycles. The van der Waals surface area contributed by atoms with Crippen LogP contribution in [0, 0.1) is 5.92 Å². The highest BCUT2D eigenvalue weighted by molar-refractivity contribution is 5.48. The van der Waals surface area contributed by atoms with Crippen LogP contribution in [0.15, 0.2) is 36.4 Å². The number of rotatable bonds is 11. The summed E-state index contributed by atoms with van der Waals surface area (Å²) in [7, 11) is 0. The van der Waals surface area contributed by atoms with E-state index in [0.717, 1.165) is 19.1 Å². The third-order valence-electron chi connectivity index (χ3n) is 3.60. The first-order valence-corrected chi connectivity index (χ1v) is 8.16. The van der Waals surface area contributed by atoms with Gasteiger partial charge in [0.1, 0.15) is 0 Å². The van der Waals surface area contributed by atoms with Crippen molar-refractivity contribution >= 4 is 6.08 Å². The van der Waals surface area contributed by atoms with Gasteiger partial charge < -0.3 is 4.74 Å². The molecule has 0 spiro atoms. The number of benzene rings is 1. The summed E-state index contributed by atoms with van der Waals surface area (Å²) < 4.78 is 5.57. The van der Waals surface area contributed by atoms with E-state index >= 15 is 0 Å². The molecule has 0 N–H and O–H groups in total. The fourth-order valence-corrected chi connectivity index (χ4v) is 2.48. The van der Waals surface area contributed by atoms with E-state index in [1.54, 1.807) is 0 Å². The number of hydrogen-bond donors (Lipinski definition) is 0. The maximum absolute atomic E-state index is 5.57. The zero-order valence-electron chi connectivity index (χ0n) is 13.2. The van der Waals surface area contributed by atoms with Crippen LogP contribution in [0.4, 0.5) is 0 Å². The lowest BCUT2D eigenvalue weighted by Gasteiger charge is -2.15. The molecule has 1 heteroatoms. The predicted molar refractivity (Wildman–Crippen MR) is 88.8 cm³/mol. The Morgan fingerprint density at radius 1 is 1.05 bits per heavy atom. The number of unbranched alkanes of at least 4 members (excludes halogenated alkanes) is 2. The first kappa shape index (κ1) is 17.0. The summed E-state index contributed by atoms with van der Waals surface area (Å²) in [5.74, 6) is 0.762. The Morgan fingerprint density at radius 2 is 1.85 bits per heavy atom. The van der Waals surface area contributed by atoms with Gasteiger partial charge >= 0.3 is 0 Å². The predicted octanol–water partition coefficient (Wildman–Crippen LogP) is 5.71. The first-order chi connectivity index (χ1) is 9.86. The average molecular weight is 274 g/mol. The van der Waals surface area contributed by atoms with Crippen LogP contribution in [0.1, 0.15) is 57.9 Å². The van der Waals surface area contributed by atoms with Gasteiger partial charge in [-0.15, -0.1) is 0 Å². The van der Waals surface area contributed by atoms with Crippen molar-refractivity contribution in [2.45, 2.75) is 52.4 Å². The summed E-state index contributed by atoms with van der Waals surface area (Å²) in [6.45, 7) is 6.14. The minimum absolute atomic E-state index is 0.762. The standard InChI is InChI=1S/C19H30O/c1-3-12-19(17-20-4-2)16-9-6-5-8-13-18-14-10-7-11-15-18/h7-8,10-11,13-15,19H,3-6,9,12,16-17H2,1-2H3. The summed E-state index contributed by atoms with van der Waals surface area (Å²) >= 11 is 0. The van der Waals surface area contributed by atoms with Crippen molar-refractivity contribution in [3.63, 3.8) is 0 Å². The lowest BCUT2D eigenvalue weighted by molar-refractivity contribution is 0.102. The Hall–Kier alpha value is -1.08. The molecule has 1 nitrogen and oxygen atoms in total. The van der Waals surface area contributed by atoms with Gasteiger partial charge in [0.25, 0.3) is 0 Å². The molecular weight excluding hydrogens is 244 g/mol. The molecule has 1 unspecified atom stereocenters. The summed E-state index contributed by atoms with van der Waals surface area (Å²) in [5.41, 5.74) is 1.30. The Labute approximate surface area is 125 Å². The summed E-state index contributed by atoms with van der Waals surface area (Å²) in [6, 6.07) is 10.5. The second-order valence-electron chi connectivity index (χ2n) is 5.41. The highest BCUT2D eigenvalue weighted by Gasteiger charge is 2.06. The third kappa shape index (κ3) is 8.16. The smallest absolute Gasteiger partial charge is 0.0494 e. The van der Waals surface area contributed by atoms with Gasteiger partial charge in [-0.05, 0) is 44.1 Å². The number of hydrogen-bond acceptors (Lipinski definition) is 1. The zero-order valence-corrected chi connectivity index (χ0v) is 13.2. The van der Waals surface area contributed by atoms with Crippen LogP contribution in [-0.4, -0.2) is 13.2 Å². The fraction of sp³-hybridized carbons (Fsp3) is 0.579. The van der Waals surface area contributed by atoms with Crippen LogP contribution < -0.4 is 0 Å². The maximum Gasteiger partial charge on any atom is 0.0494 e. The Morgan fingerprint density at radius 3 is 2.55 bits per heavy atom. The van der Waals surface area contributed by atoms with Crippen molar-refractivity contribution in [2.24, 2.45) is 5.92 Å². The van der Waals surface area contributed by atoms with Crippen LogP contribution in [0.2, 0.25) is 0 Å². The highest BCUT2D eigenvalue weighted by atomic mass is 16.5. The van der Waals surface area contributed by atoms with E-state index in [1.165, 1.54) is 44.1 Å². The minimum atomic E-state index is 0.762. The Balaban J connectivity index is 2.12.